The minimum Gasteiger partial charge on any atom is -0.448 e. The molecule has 3 heteroatoms. The molecule has 0 spiro atoms. The SMILES string of the molecule is CC(=O)c1coc(C2CCCC2)n1. The van der Waals surface area contributed by atoms with E-state index in [2.05, 4.69) is 4.98 Å². The van der Waals surface area contributed by atoms with Gasteiger partial charge in [-0.1, -0.05) is 12.8 Å². The van der Waals surface area contributed by atoms with Crippen LogP contribution in [0.1, 0.15) is 54.9 Å². The number of carbonyl (C=O) groups excluding carboxylic acids is 1. The summed E-state index contributed by atoms with van der Waals surface area (Å²) < 4.78 is 5.28. The van der Waals surface area contributed by atoms with E-state index in [0.29, 0.717) is 11.6 Å². The highest BCUT2D eigenvalue weighted by Gasteiger charge is 2.22. The molecule has 1 saturated carbocycles. The summed E-state index contributed by atoms with van der Waals surface area (Å²) in [5.41, 5.74) is 0.460. The molecule has 0 aliphatic heterocycles. The molecule has 2 rings (SSSR count). The Kier molecular flexibility index (Phi) is 2.17. The summed E-state index contributed by atoms with van der Waals surface area (Å²) in [4.78, 5) is 15.1. The molecule has 0 unspecified atom stereocenters. The van der Waals surface area contributed by atoms with Crippen LogP contribution < -0.4 is 0 Å². The smallest absolute Gasteiger partial charge is 0.197 e. The van der Waals surface area contributed by atoms with Crippen molar-refractivity contribution >= 4 is 5.78 Å². The molecule has 1 aromatic rings. The molecular formula is C10H13NO2. The lowest BCUT2D eigenvalue weighted by Gasteiger charge is -2.00. The average molecular weight is 179 g/mol. The maximum absolute atomic E-state index is 11.0. The van der Waals surface area contributed by atoms with Gasteiger partial charge in [0, 0.05) is 12.8 Å². The van der Waals surface area contributed by atoms with Gasteiger partial charge in [0.05, 0.1) is 0 Å². The minimum absolute atomic E-state index is 0.0204. The highest BCUT2D eigenvalue weighted by atomic mass is 16.3. The quantitative estimate of drug-likeness (QED) is 0.655. The molecule has 70 valence electrons. The normalized spacial score (nSPS) is 17.9. The molecule has 0 atom stereocenters. The molecule has 0 amide bonds. The molecule has 0 radical (unpaired) electrons. The summed E-state index contributed by atoms with van der Waals surface area (Å²) in [6, 6.07) is 0. The molecule has 0 saturated heterocycles. The van der Waals surface area contributed by atoms with Crippen molar-refractivity contribution in [2.75, 3.05) is 0 Å². The Hall–Kier alpha value is -1.12. The third kappa shape index (κ3) is 1.64. The second-order valence-corrected chi connectivity index (χ2v) is 3.61. The summed E-state index contributed by atoms with van der Waals surface area (Å²) >= 11 is 0. The third-order valence-corrected chi connectivity index (χ3v) is 2.59. The molecule has 1 aliphatic carbocycles. The Morgan fingerprint density at radius 3 is 2.77 bits per heavy atom. The lowest BCUT2D eigenvalue weighted by Crippen LogP contribution is -1.95. The van der Waals surface area contributed by atoms with Gasteiger partial charge in [0.25, 0.3) is 0 Å². The van der Waals surface area contributed by atoms with Crippen LogP contribution in [0.3, 0.4) is 0 Å². The van der Waals surface area contributed by atoms with Gasteiger partial charge in [-0.05, 0) is 12.8 Å². The van der Waals surface area contributed by atoms with E-state index in [1.54, 1.807) is 0 Å². The van der Waals surface area contributed by atoms with Crippen LogP contribution in [0.5, 0.6) is 0 Å². The summed E-state index contributed by atoms with van der Waals surface area (Å²) in [6.07, 6.45) is 6.27. The van der Waals surface area contributed by atoms with E-state index < -0.39 is 0 Å². The van der Waals surface area contributed by atoms with E-state index in [-0.39, 0.29) is 5.78 Å². The molecule has 1 aliphatic rings. The number of hydrogen-bond donors (Lipinski definition) is 0. The second-order valence-electron chi connectivity index (χ2n) is 3.61. The molecule has 1 fully saturated rings. The van der Waals surface area contributed by atoms with E-state index in [1.165, 1.54) is 26.0 Å². The van der Waals surface area contributed by atoms with Crippen LogP contribution >= 0.6 is 0 Å². The van der Waals surface area contributed by atoms with Crippen molar-refractivity contribution in [3.63, 3.8) is 0 Å². The molecule has 13 heavy (non-hydrogen) atoms. The van der Waals surface area contributed by atoms with Gasteiger partial charge in [0.2, 0.25) is 0 Å². The van der Waals surface area contributed by atoms with Crippen molar-refractivity contribution in [3.8, 4) is 0 Å². The van der Waals surface area contributed by atoms with Gasteiger partial charge in [-0.2, -0.15) is 0 Å². The molecule has 0 aromatic carbocycles. The van der Waals surface area contributed by atoms with Crippen molar-refractivity contribution in [1.29, 1.82) is 0 Å². The lowest BCUT2D eigenvalue weighted by molar-refractivity contribution is 0.101. The molecule has 0 N–H and O–H groups in total. The molecule has 1 heterocycles. The van der Waals surface area contributed by atoms with Crippen molar-refractivity contribution in [1.82, 2.24) is 4.98 Å². The van der Waals surface area contributed by atoms with Gasteiger partial charge in [-0.15, -0.1) is 0 Å². The van der Waals surface area contributed by atoms with Gasteiger partial charge >= 0.3 is 0 Å². The van der Waals surface area contributed by atoms with E-state index >= 15 is 0 Å². The number of carbonyl (C=O) groups is 1. The summed E-state index contributed by atoms with van der Waals surface area (Å²) in [5.74, 6) is 1.18. The van der Waals surface area contributed by atoms with Gasteiger partial charge in [-0.25, -0.2) is 4.98 Å². The van der Waals surface area contributed by atoms with Gasteiger partial charge in [0.15, 0.2) is 11.7 Å². The van der Waals surface area contributed by atoms with Crippen LogP contribution in [-0.2, 0) is 0 Å². The Morgan fingerprint density at radius 1 is 1.54 bits per heavy atom. The van der Waals surface area contributed by atoms with Gasteiger partial charge in [0.1, 0.15) is 12.0 Å². The highest BCUT2D eigenvalue weighted by molar-refractivity contribution is 5.91. The monoisotopic (exact) mass is 179 g/mol. The Labute approximate surface area is 77.2 Å². The largest absolute Gasteiger partial charge is 0.448 e. The fraction of sp³-hybridized carbons (Fsp3) is 0.600. The lowest BCUT2D eigenvalue weighted by atomic mass is 10.1. The van der Waals surface area contributed by atoms with Crippen LogP contribution in [0.4, 0.5) is 0 Å². The summed E-state index contributed by atoms with van der Waals surface area (Å²) in [5, 5.41) is 0. The first-order valence-electron chi connectivity index (χ1n) is 4.74. The number of ketones is 1. The van der Waals surface area contributed by atoms with Crippen molar-refractivity contribution in [3.05, 3.63) is 17.8 Å². The molecule has 3 nitrogen and oxygen atoms in total. The first-order valence-corrected chi connectivity index (χ1v) is 4.74. The number of nitrogens with zero attached hydrogens (tertiary/aromatic N) is 1. The Bertz CT molecular complexity index is 310. The van der Waals surface area contributed by atoms with Crippen LogP contribution in [0, 0.1) is 0 Å². The first kappa shape index (κ1) is 8.48. The molecular weight excluding hydrogens is 166 g/mol. The fourth-order valence-electron chi connectivity index (χ4n) is 1.81. The summed E-state index contributed by atoms with van der Waals surface area (Å²) in [6.45, 7) is 1.51. The van der Waals surface area contributed by atoms with E-state index in [4.69, 9.17) is 4.42 Å². The molecule has 1 aromatic heterocycles. The third-order valence-electron chi connectivity index (χ3n) is 2.59. The van der Waals surface area contributed by atoms with E-state index in [0.717, 1.165) is 18.7 Å². The zero-order valence-electron chi connectivity index (χ0n) is 7.75. The van der Waals surface area contributed by atoms with Crippen LogP contribution in [-0.4, -0.2) is 10.8 Å². The highest BCUT2D eigenvalue weighted by Crippen LogP contribution is 2.33. The average Bonchev–Trinajstić information content (AvgIpc) is 2.75. The van der Waals surface area contributed by atoms with E-state index in [1.807, 2.05) is 0 Å². The van der Waals surface area contributed by atoms with Gasteiger partial charge < -0.3 is 4.42 Å². The maximum atomic E-state index is 11.0. The second kappa shape index (κ2) is 3.32. The minimum atomic E-state index is -0.0204. The number of oxazole rings is 1. The standard InChI is InChI=1S/C10H13NO2/c1-7(12)9-6-13-10(11-9)8-4-2-3-5-8/h6,8H,2-5H2,1H3. The van der Waals surface area contributed by atoms with Crippen molar-refractivity contribution < 1.29 is 9.21 Å². The first-order chi connectivity index (χ1) is 6.27. The van der Waals surface area contributed by atoms with Crippen LogP contribution in [0.15, 0.2) is 10.7 Å². The van der Waals surface area contributed by atoms with Crippen LogP contribution in [0.2, 0.25) is 0 Å². The van der Waals surface area contributed by atoms with Gasteiger partial charge in [-0.3, -0.25) is 4.79 Å². The van der Waals surface area contributed by atoms with Crippen molar-refractivity contribution in [2.45, 2.75) is 38.5 Å². The summed E-state index contributed by atoms with van der Waals surface area (Å²) in [7, 11) is 0. The predicted octanol–water partition coefficient (Wildman–Crippen LogP) is 2.53. The Balaban J connectivity index is 2.16. The fourth-order valence-corrected chi connectivity index (χ4v) is 1.81. The number of aromatic nitrogens is 1. The van der Waals surface area contributed by atoms with Crippen molar-refractivity contribution in [2.24, 2.45) is 0 Å². The topological polar surface area (TPSA) is 43.1 Å². The number of Topliss-reactive ketones (excluding diaryl/α,β-unsaturated/α-hetero) is 1. The number of hydrogen-bond acceptors (Lipinski definition) is 3. The number of rotatable bonds is 2. The van der Waals surface area contributed by atoms with E-state index in [9.17, 15) is 4.79 Å². The molecule has 0 bridgehead atoms. The zero-order chi connectivity index (χ0) is 9.26. The predicted molar refractivity (Wildman–Crippen MR) is 47.7 cm³/mol. The van der Waals surface area contributed by atoms with Crippen LogP contribution in [0.25, 0.3) is 0 Å². The zero-order valence-corrected chi connectivity index (χ0v) is 7.75. The Morgan fingerprint density at radius 2 is 2.23 bits per heavy atom. The maximum Gasteiger partial charge on any atom is 0.197 e.